The fourth-order valence-electron chi connectivity index (χ4n) is 3.89. The second kappa shape index (κ2) is 8.79. The van der Waals surface area contributed by atoms with Gasteiger partial charge < -0.3 is 10.4 Å². The number of β-amino-alcohol motifs (C(OH)–C–C–N with tert-alkyl or cyclic N) is 1. The second-order valence-electron chi connectivity index (χ2n) is 7.72. The number of nitrogens with one attached hydrogen (secondary N) is 1. The van der Waals surface area contributed by atoms with Gasteiger partial charge in [-0.15, -0.1) is 0 Å². The number of piperidine rings is 1. The van der Waals surface area contributed by atoms with E-state index >= 15 is 0 Å². The summed E-state index contributed by atoms with van der Waals surface area (Å²) >= 11 is 0. The van der Waals surface area contributed by atoms with Crippen LogP contribution in [0.2, 0.25) is 0 Å². The van der Waals surface area contributed by atoms with E-state index in [9.17, 15) is 9.90 Å². The lowest BCUT2D eigenvalue weighted by atomic mass is 9.99. The van der Waals surface area contributed by atoms with E-state index in [2.05, 4.69) is 34.2 Å². The number of hydrogen-bond acceptors (Lipinski definition) is 4. The van der Waals surface area contributed by atoms with Gasteiger partial charge in [-0.3, -0.25) is 14.6 Å². The zero-order chi connectivity index (χ0) is 17.6. The van der Waals surface area contributed by atoms with Crippen molar-refractivity contribution in [1.29, 1.82) is 0 Å². The van der Waals surface area contributed by atoms with Crippen LogP contribution in [0.4, 0.5) is 0 Å². The highest BCUT2D eigenvalue weighted by atomic mass is 16.3. The molecule has 1 amide bonds. The Morgan fingerprint density at radius 2 is 1.96 bits per heavy atom. The Morgan fingerprint density at radius 1 is 1.24 bits per heavy atom. The van der Waals surface area contributed by atoms with Crippen molar-refractivity contribution < 1.29 is 9.90 Å². The smallest absolute Gasteiger partial charge is 0.234 e. The number of aliphatic hydroxyl groups excluding tert-OH is 1. The molecule has 5 heteroatoms. The number of amides is 1. The summed E-state index contributed by atoms with van der Waals surface area (Å²) in [4.78, 5) is 16.8. The zero-order valence-corrected chi connectivity index (χ0v) is 15.2. The molecule has 2 fully saturated rings. The largest absolute Gasteiger partial charge is 0.392 e. The second-order valence-corrected chi connectivity index (χ2v) is 7.72. The highest BCUT2D eigenvalue weighted by Gasteiger charge is 2.31. The molecular formula is C20H31N3O2. The van der Waals surface area contributed by atoms with Gasteiger partial charge in [0.2, 0.25) is 5.91 Å². The molecule has 2 saturated heterocycles. The molecule has 0 spiro atoms. The van der Waals surface area contributed by atoms with Crippen LogP contribution in [0.5, 0.6) is 0 Å². The Kier molecular flexibility index (Phi) is 6.45. The highest BCUT2D eigenvalue weighted by molar-refractivity contribution is 5.78. The fraction of sp³-hybridized carbons (Fsp3) is 0.650. The Balaban J connectivity index is 1.45. The maximum absolute atomic E-state index is 12.3. The first kappa shape index (κ1) is 18.4. The first-order valence-electron chi connectivity index (χ1n) is 9.55. The van der Waals surface area contributed by atoms with Gasteiger partial charge in [-0.05, 0) is 43.8 Å². The average Bonchev–Trinajstić information content (AvgIpc) is 2.95. The van der Waals surface area contributed by atoms with E-state index in [4.69, 9.17) is 0 Å². The van der Waals surface area contributed by atoms with Crippen LogP contribution in [-0.4, -0.2) is 65.7 Å². The summed E-state index contributed by atoms with van der Waals surface area (Å²) in [6, 6.07) is 10.5. The number of carbonyl (C=O) groups is 1. The average molecular weight is 345 g/mol. The molecular weight excluding hydrogens is 314 g/mol. The van der Waals surface area contributed by atoms with Crippen LogP contribution in [0.15, 0.2) is 30.3 Å². The molecule has 25 heavy (non-hydrogen) atoms. The van der Waals surface area contributed by atoms with E-state index in [-0.39, 0.29) is 18.1 Å². The molecule has 0 saturated carbocycles. The minimum atomic E-state index is -0.297. The molecule has 3 rings (SSSR count). The molecule has 5 nitrogen and oxygen atoms in total. The predicted octanol–water partition coefficient (Wildman–Crippen LogP) is 1.47. The lowest BCUT2D eigenvalue weighted by molar-refractivity contribution is -0.122. The van der Waals surface area contributed by atoms with Gasteiger partial charge in [-0.25, -0.2) is 0 Å². The van der Waals surface area contributed by atoms with Gasteiger partial charge in [-0.2, -0.15) is 0 Å². The number of aliphatic hydroxyl groups is 1. The number of hydrogen-bond donors (Lipinski definition) is 2. The number of likely N-dealkylation sites (tertiary alicyclic amines) is 2. The SMILES string of the molecule is CC1CCN(CC(=O)NCC2CC(O)CN2Cc2ccccc2)CC1. The Morgan fingerprint density at radius 3 is 2.68 bits per heavy atom. The summed E-state index contributed by atoms with van der Waals surface area (Å²) in [5, 5.41) is 13.1. The summed E-state index contributed by atoms with van der Waals surface area (Å²) in [7, 11) is 0. The topological polar surface area (TPSA) is 55.8 Å². The summed E-state index contributed by atoms with van der Waals surface area (Å²) in [5.41, 5.74) is 1.25. The monoisotopic (exact) mass is 345 g/mol. The molecule has 2 N–H and O–H groups in total. The maximum Gasteiger partial charge on any atom is 0.234 e. The quantitative estimate of drug-likeness (QED) is 0.820. The summed E-state index contributed by atoms with van der Waals surface area (Å²) in [6.07, 6.45) is 2.81. The van der Waals surface area contributed by atoms with Gasteiger partial charge in [-0.1, -0.05) is 37.3 Å². The van der Waals surface area contributed by atoms with Crippen molar-refractivity contribution in [2.24, 2.45) is 5.92 Å². The van der Waals surface area contributed by atoms with Gasteiger partial charge in [0.15, 0.2) is 0 Å². The lowest BCUT2D eigenvalue weighted by Crippen LogP contribution is -2.45. The zero-order valence-electron chi connectivity index (χ0n) is 15.2. The van der Waals surface area contributed by atoms with Gasteiger partial charge in [0.1, 0.15) is 0 Å². The van der Waals surface area contributed by atoms with E-state index in [1.54, 1.807) is 0 Å². The Labute approximate surface area is 151 Å². The van der Waals surface area contributed by atoms with Gasteiger partial charge in [0.05, 0.1) is 12.6 Å². The Bertz CT molecular complexity index is 543. The Hall–Kier alpha value is -1.43. The third-order valence-electron chi connectivity index (χ3n) is 5.51. The van der Waals surface area contributed by atoms with E-state index in [0.717, 1.165) is 32.0 Å². The van der Waals surface area contributed by atoms with E-state index in [0.29, 0.717) is 19.6 Å². The first-order valence-corrected chi connectivity index (χ1v) is 9.55. The molecule has 1 aromatic rings. The molecule has 0 aromatic heterocycles. The summed E-state index contributed by atoms with van der Waals surface area (Å²) in [5.74, 6) is 0.890. The third-order valence-corrected chi connectivity index (χ3v) is 5.51. The van der Waals surface area contributed by atoms with Crippen molar-refractivity contribution in [2.75, 3.05) is 32.7 Å². The van der Waals surface area contributed by atoms with Crippen molar-refractivity contribution in [1.82, 2.24) is 15.1 Å². The van der Waals surface area contributed by atoms with Crippen LogP contribution < -0.4 is 5.32 Å². The first-order chi connectivity index (χ1) is 12.1. The molecule has 138 valence electrons. The van der Waals surface area contributed by atoms with Gasteiger partial charge >= 0.3 is 0 Å². The van der Waals surface area contributed by atoms with Crippen LogP contribution >= 0.6 is 0 Å². The molecule has 0 bridgehead atoms. The van der Waals surface area contributed by atoms with E-state index in [1.807, 2.05) is 18.2 Å². The molecule has 2 atom stereocenters. The lowest BCUT2D eigenvalue weighted by Gasteiger charge is -2.30. The summed E-state index contributed by atoms with van der Waals surface area (Å²) < 4.78 is 0. The molecule has 1 aromatic carbocycles. The predicted molar refractivity (Wildman–Crippen MR) is 99.1 cm³/mol. The van der Waals surface area contributed by atoms with Crippen LogP contribution in [0.3, 0.4) is 0 Å². The highest BCUT2D eigenvalue weighted by Crippen LogP contribution is 2.20. The van der Waals surface area contributed by atoms with Crippen LogP contribution in [0.1, 0.15) is 31.7 Å². The van der Waals surface area contributed by atoms with Crippen molar-refractivity contribution in [3.05, 3.63) is 35.9 Å². The number of nitrogens with zero attached hydrogens (tertiary/aromatic N) is 2. The van der Waals surface area contributed by atoms with Crippen LogP contribution in [0, 0.1) is 5.92 Å². The molecule has 0 aliphatic carbocycles. The summed E-state index contributed by atoms with van der Waals surface area (Å²) in [6.45, 7) is 6.95. The standard InChI is InChI=1S/C20H31N3O2/c1-16-7-9-22(10-8-16)15-20(25)21-12-18-11-19(24)14-23(18)13-17-5-3-2-4-6-17/h2-6,16,18-19,24H,7-15H2,1H3,(H,21,25). The minimum absolute atomic E-state index is 0.107. The van der Waals surface area contributed by atoms with Crippen molar-refractivity contribution in [3.8, 4) is 0 Å². The normalized spacial score (nSPS) is 26.0. The van der Waals surface area contributed by atoms with Crippen molar-refractivity contribution in [2.45, 2.75) is 44.9 Å². The molecule has 2 unspecified atom stereocenters. The van der Waals surface area contributed by atoms with Crippen molar-refractivity contribution >= 4 is 5.91 Å². The third kappa shape index (κ3) is 5.53. The van der Waals surface area contributed by atoms with Gasteiger partial charge in [0.25, 0.3) is 0 Å². The fourth-order valence-corrected chi connectivity index (χ4v) is 3.89. The minimum Gasteiger partial charge on any atom is -0.392 e. The number of carbonyl (C=O) groups excluding carboxylic acids is 1. The maximum atomic E-state index is 12.3. The van der Waals surface area contributed by atoms with Crippen LogP contribution in [-0.2, 0) is 11.3 Å². The van der Waals surface area contributed by atoms with E-state index in [1.165, 1.54) is 18.4 Å². The van der Waals surface area contributed by atoms with Gasteiger partial charge in [0, 0.05) is 25.7 Å². The molecule has 2 aliphatic rings. The molecule has 2 heterocycles. The van der Waals surface area contributed by atoms with E-state index < -0.39 is 0 Å². The van der Waals surface area contributed by atoms with Crippen LogP contribution in [0.25, 0.3) is 0 Å². The number of rotatable bonds is 6. The molecule has 2 aliphatic heterocycles. The van der Waals surface area contributed by atoms with Crippen molar-refractivity contribution in [3.63, 3.8) is 0 Å². The number of benzene rings is 1. The molecule has 0 radical (unpaired) electrons.